The molecule has 0 bridgehead atoms. The number of carboxylic acid groups (broad SMARTS) is 1. The summed E-state index contributed by atoms with van der Waals surface area (Å²) in [4.78, 5) is 25.7. The minimum atomic E-state index is -1.08. The smallest absolute Gasteiger partial charge is 0.326 e. The lowest BCUT2D eigenvalue weighted by Gasteiger charge is -2.22. The van der Waals surface area contributed by atoms with Gasteiger partial charge in [-0.1, -0.05) is 0 Å². The third-order valence-corrected chi connectivity index (χ3v) is 2.66. The van der Waals surface area contributed by atoms with E-state index in [4.69, 9.17) is 5.11 Å². The van der Waals surface area contributed by atoms with E-state index < -0.39 is 24.1 Å². The maximum atomic E-state index is 11.7. The van der Waals surface area contributed by atoms with Gasteiger partial charge < -0.3 is 25.3 Å². The van der Waals surface area contributed by atoms with Crippen molar-refractivity contribution in [3.8, 4) is 0 Å². The summed E-state index contributed by atoms with van der Waals surface area (Å²) in [6.45, 7) is 1.20. The van der Waals surface area contributed by atoms with Crippen molar-refractivity contribution in [3.63, 3.8) is 0 Å². The van der Waals surface area contributed by atoms with Crippen LogP contribution in [0.3, 0.4) is 0 Å². The zero-order valence-electron chi connectivity index (χ0n) is 10.1. The first-order valence-corrected chi connectivity index (χ1v) is 5.52. The van der Waals surface area contributed by atoms with E-state index in [0.29, 0.717) is 13.1 Å². The molecule has 0 aromatic carbocycles. The van der Waals surface area contributed by atoms with E-state index >= 15 is 0 Å². The zero-order valence-corrected chi connectivity index (χ0v) is 10.1. The summed E-state index contributed by atoms with van der Waals surface area (Å²) in [5, 5.41) is 20.9. The molecular weight excluding hydrogens is 226 g/mol. The van der Waals surface area contributed by atoms with E-state index in [0.717, 1.165) is 0 Å². The number of nitrogens with zero attached hydrogens (tertiary/aromatic N) is 2. The fraction of sp³-hybridized carbons (Fsp3) is 0.800. The molecule has 0 aromatic heterocycles. The van der Waals surface area contributed by atoms with Crippen LogP contribution < -0.4 is 5.32 Å². The second-order valence-corrected chi connectivity index (χ2v) is 4.43. The van der Waals surface area contributed by atoms with Gasteiger partial charge in [0.15, 0.2) is 0 Å². The average molecular weight is 245 g/mol. The number of hydrogen-bond acceptors (Lipinski definition) is 4. The lowest BCUT2D eigenvalue weighted by Crippen LogP contribution is -2.47. The second kappa shape index (κ2) is 5.83. The second-order valence-electron chi connectivity index (χ2n) is 4.43. The molecule has 1 saturated heterocycles. The molecule has 1 fully saturated rings. The van der Waals surface area contributed by atoms with Crippen molar-refractivity contribution in [3.05, 3.63) is 0 Å². The Bertz CT molecular complexity index is 295. The molecule has 7 heteroatoms. The molecule has 0 saturated carbocycles. The molecular formula is C10H19N3O4. The number of carboxylic acids is 1. The molecule has 1 aliphatic rings. The number of urea groups is 1. The Morgan fingerprint density at radius 2 is 2.12 bits per heavy atom. The van der Waals surface area contributed by atoms with Gasteiger partial charge in [0.1, 0.15) is 6.04 Å². The van der Waals surface area contributed by atoms with Gasteiger partial charge in [0.25, 0.3) is 0 Å². The van der Waals surface area contributed by atoms with Crippen LogP contribution in [0.5, 0.6) is 0 Å². The van der Waals surface area contributed by atoms with E-state index in [2.05, 4.69) is 5.32 Å². The summed E-state index contributed by atoms with van der Waals surface area (Å²) < 4.78 is 0. The van der Waals surface area contributed by atoms with Crippen molar-refractivity contribution in [2.75, 3.05) is 33.7 Å². The summed E-state index contributed by atoms with van der Waals surface area (Å²) in [5.41, 5.74) is 0. The number of aliphatic hydroxyl groups is 1. The molecule has 1 rings (SSSR count). The highest BCUT2D eigenvalue weighted by atomic mass is 16.4. The van der Waals surface area contributed by atoms with Crippen LogP contribution in [0.15, 0.2) is 0 Å². The van der Waals surface area contributed by atoms with Crippen LogP contribution in [0.4, 0.5) is 4.79 Å². The molecule has 0 aliphatic carbocycles. The van der Waals surface area contributed by atoms with Gasteiger partial charge in [0, 0.05) is 26.1 Å². The Balaban J connectivity index is 2.47. The summed E-state index contributed by atoms with van der Waals surface area (Å²) in [6.07, 6.45) is -0.660. The number of hydrogen-bond donors (Lipinski definition) is 3. The van der Waals surface area contributed by atoms with E-state index in [1.807, 2.05) is 19.0 Å². The Kier molecular flexibility index (Phi) is 4.71. The number of amides is 2. The lowest BCUT2D eigenvalue weighted by atomic mass is 10.2. The van der Waals surface area contributed by atoms with Crippen molar-refractivity contribution in [2.24, 2.45) is 0 Å². The quantitative estimate of drug-likeness (QED) is 0.577. The van der Waals surface area contributed by atoms with Crippen molar-refractivity contribution in [1.29, 1.82) is 0 Å². The molecule has 2 atom stereocenters. The minimum Gasteiger partial charge on any atom is -0.480 e. The van der Waals surface area contributed by atoms with Crippen molar-refractivity contribution >= 4 is 12.0 Å². The van der Waals surface area contributed by atoms with Crippen LogP contribution in [-0.4, -0.2) is 77.9 Å². The predicted molar refractivity (Wildman–Crippen MR) is 60.7 cm³/mol. The van der Waals surface area contributed by atoms with E-state index in [1.165, 1.54) is 4.90 Å². The molecule has 0 aromatic rings. The number of nitrogens with one attached hydrogen (secondary N) is 1. The molecule has 17 heavy (non-hydrogen) atoms. The normalized spacial score (nSPS) is 24.1. The number of aliphatic carboxylic acids is 1. The zero-order chi connectivity index (χ0) is 13.0. The molecule has 1 heterocycles. The summed E-state index contributed by atoms with van der Waals surface area (Å²) >= 11 is 0. The van der Waals surface area contributed by atoms with Crippen molar-refractivity contribution < 1.29 is 19.8 Å². The number of aliphatic hydroxyl groups excluding tert-OH is 1. The highest BCUT2D eigenvalue weighted by Crippen LogP contribution is 2.17. The van der Waals surface area contributed by atoms with E-state index in [-0.39, 0.29) is 13.0 Å². The molecule has 0 spiro atoms. The van der Waals surface area contributed by atoms with Crippen LogP contribution in [0, 0.1) is 0 Å². The average Bonchev–Trinajstić information content (AvgIpc) is 2.59. The third-order valence-electron chi connectivity index (χ3n) is 2.66. The number of β-amino-alcohol motifs (C(OH)–C–C–N with tert-alkyl or cyclic N) is 1. The van der Waals surface area contributed by atoms with Gasteiger partial charge in [-0.25, -0.2) is 9.59 Å². The van der Waals surface area contributed by atoms with E-state index in [9.17, 15) is 14.7 Å². The largest absolute Gasteiger partial charge is 0.480 e. The van der Waals surface area contributed by atoms with E-state index in [1.54, 1.807) is 0 Å². The number of carbonyl (C=O) groups excluding carboxylic acids is 1. The number of rotatable bonds is 4. The highest BCUT2D eigenvalue weighted by Gasteiger charge is 2.38. The minimum absolute atomic E-state index is 0.0742. The monoisotopic (exact) mass is 245 g/mol. The summed E-state index contributed by atoms with van der Waals surface area (Å²) in [7, 11) is 3.76. The van der Waals surface area contributed by atoms with Gasteiger partial charge in [-0.3, -0.25) is 0 Å². The first-order chi connectivity index (χ1) is 7.91. The maximum absolute atomic E-state index is 11.7. The van der Waals surface area contributed by atoms with Crippen LogP contribution in [0.2, 0.25) is 0 Å². The molecule has 2 amide bonds. The number of likely N-dealkylation sites (tertiary alicyclic amines) is 1. The fourth-order valence-electron chi connectivity index (χ4n) is 1.76. The summed E-state index contributed by atoms with van der Waals surface area (Å²) in [5.74, 6) is -1.08. The Morgan fingerprint density at radius 1 is 1.47 bits per heavy atom. The lowest BCUT2D eigenvalue weighted by molar-refractivity contribution is -0.141. The van der Waals surface area contributed by atoms with Gasteiger partial charge in [-0.05, 0) is 14.1 Å². The van der Waals surface area contributed by atoms with Crippen molar-refractivity contribution in [1.82, 2.24) is 15.1 Å². The van der Waals surface area contributed by atoms with Gasteiger partial charge in [-0.15, -0.1) is 0 Å². The molecule has 1 aliphatic heterocycles. The molecule has 3 N–H and O–H groups in total. The third kappa shape index (κ3) is 3.86. The molecule has 7 nitrogen and oxygen atoms in total. The topological polar surface area (TPSA) is 93.1 Å². The first kappa shape index (κ1) is 13.7. The predicted octanol–water partition coefficient (Wildman–Crippen LogP) is -1.22. The number of carbonyl (C=O) groups is 2. The fourth-order valence-corrected chi connectivity index (χ4v) is 1.76. The molecule has 98 valence electrons. The van der Waals surface area contributed by atoms with Crippen LogP contribution in [0.25, 0.3) is 0 Å². The van der Waals surface area contributed by atoms with Crippen LogP contribution in [0.1, 0.15) is 6.42 Å². The highest BCUT2D eigenvalue weighted by molar-refractivity contribution is 5.83. The SMILES string of the molecule is CN(C)CCNC(=O)N1C[C@@H](O)C[C@H]1C(=O)O. The van der Waals surface area contributed by atoms with Crippen LogP contribution in [-0.2, 0) is 4.79 Å². The Morgan fingerprint density at radius 3 is 2.65 bits per heavy atom. The van der Waals surface area contributed by atoms with Gasteiger partial charge >= 0.3 is 12.0 Å². The summed E-state index contributed by atoms with van der Waals surface area (Å²) in [6, 6.07) is -1.36. The van der Waals surface area contributed by atoms with Gasteiger partial charge in [-0.2, -0.15) is 0 Å². The molecule has 0 radical (unpaired) electrons. The maximum Gasteiger partial charge on any atom is 0.326 e. The standard InChI is InChI=1S/C10H19N3O4/c1-12(2)4-3-11-10(17)13-6-7(14)5-8(13)9(15)16/h7-8,14H,3-6H2,1-2H3,(H,11,17)(H,15,16)/t7-,8-/m0/s1. The number of likely N-dealkylation sites (N-methyl/N-ethyl adjacent to an activating group) is 1. The molecule has 0 unspecified atom stereocenters. The Labute approximate surface area is 100.0 Å². The Hall–Kier alpha value is -1.34. The van der Waals surface area contributed by atoms with Crippen molar-refractivity contribution in [2.45, 2.75) is 18.6 Å². The van der Waals surface area contributed by atoms with Gasteiger partial charge in [0.05, 0.1) is 6.10 Å². The van der Waals surface area contributed by atoms with Gasteiger partial charge in [0.2, 0.25) is 0 Å². The first-order valence-electron chi connectivity index (χ1n) is 5.52. The van der Waals surface area contributed by atoms with Crippen LogP contribution >= 0.6 is 0 Å².